The van der Waals surface area contributed by atoms with E-state index in [0.29, 0.717) is 0 Å². The van der Waals surface area contributed by atoms with Crippen molar-refractivity contribution in [3.63, 3.8) is 0 Å². The number of aromatic hydroxyl groups is 2. The first kappa shape index (κ1) is 9.38. The van der Waals surface area contributed by atoms with E-state index in [-0.39, 0.29) is 17.1 Å². The van der Waals surface area contributed by atoms with E-state index in [4.69, 9.17) is 10.2 Å². The van der Waals surface area contributed by atoms with Gasteiger partial charge in [-0.05, 0) is 13.0 Å². The first-order chi connectivity index (χ1) is 6.04. The maximum Gasteiger partial charge on any atom is 0.310 e. The zero-order chi connectivity index (χ0) is 10.0. The Hall–Kier alpha value is -1.71. The summed E-state index contributed by atoms with van der Waals surface area (Å²) in [6, 6.07) is 4.26. The number of rotatable bonds is 2. The fourth-order valence-electron chi connectivity index (χ4n) is 1.03. The smallest absolute Gasteiger partial charge is 0.310 e. The Labute approximate surface area is 75.1 Å². The first-order valence-corrected chi connectivity index (χ1v) is 3.77. The normalized spacial score (nSPS) is 12.4. The molecule has 0 aliphatic rings. The number of para-hydroxylation sites is 1. The largest absolute Gasteiger partial charge is 0.504 e. The van der Waals surface area contributed by atoms with Crippen LogP contribution in [0.4, 0.5) is 0 Å². The maximum absolute atomic E-state index is 10.6. The Kier molecular flexibility index (Phi) is 2.41. The molecule has 4 nitrogen and oxygen atoms in total. The van der Waals surface area contributed by atoms with Gasteiger partial charge in [-0.1, -0.05) is 12.1 Å². The van der Waals surface area contributed by atoms with Crippen molar-refractivity contribution in [2.24, 2.45) is 0 Å². The number of aliphatic carboxylic acids is 1. The van der Waals surface area contributed by atoms with Crippen LogP contribution in [0.2, 0.25) is 0 Å². The highest BCUT2D eigenvalue weighted by Gasteiger charge is 2.18. The number of hydrogen-bond donors (Lipinski definition) is 3. The predicted molar refractivity (Wildman–Crippen MR) is 45.8 cm³/mol. The molecule has 1 rings (SSSR count). The van der Waals surface area contributed by atoms with Gasteiger partial charge in [0.2, 0.25) is 0 Å². The van der Waals surface area contributed by atoms with Gasteiger partial charge in [0.1, 0.15) is 0 Å². The molecule has 3 N–H and O–H groups in total. The van der Waals surface area contributed by atoms with Crippen LogP contribution in [0.25, 0.3) is 0 Å². The van der Waals surface area contributed by atoms with E-state index in [2.05, 4.69) is 0 Å². The van der Waals surface area contributed by atoms with Gasteiger partial charge in [-0.25, -0.2) is 0 Å². The fraction of sp³-hybridized carbons (Fsp3) is 0.222. The van der Waals surface area contributed by atoms with Crippen LogP contribution in [0.15, 0.2) is 18.2 Å². The molecule has 1 aromatic rings. The van der Waals surface area contributed by atoms with Crippen molar-refractivity contribution in [1.29, 1.82) is 0 Å². The van der Waals surface area contributed by atoms with Crippen molar-refractivity contribution < 1.29 is 20.1 Å². The summed E-state index contributed by atoms with van der Waals surface area (Å²) in [5.41, 5.74) is 0.215. The zero-order valence-electron chi connectivity index (χ0n) is 7.06. The summed E-state index contributed by atoms with van der Waals surface area (Å²) in [6.07, 6.45) is 0. The van der Waals surface area contributed by atoms with Crippen molar-refractivity contribution >= 4 is 5.97 Å². The van der Waals surface area contributed by atoms with E-state index in [1.54, 1.807) is 0 Å². The molecule has 1 aromatic carbocycles. The van der Waals surface area contributed by atoms with E-state index >= 15 is 0 Å². The summed E-state index contributed by atoms with van der Waals surface area (Å²) in [7, 11) is 0. The molecule has 1 unspecified atom stereocenters. The molecule has 1 atom stereocenters. The Morgan fingerprint density at radius 3 is 2.54 bits per heavy atom. The number of carboxylic acid groups (broad SMARTS) is 1. The van der Waals surface area contributed by atoms with Crippen LogP contribution in [0, 0.1) is 0 Å². The van der Waals surface area contributed by atoms with Gasteiger partial charge in [0.15, 0.2) is 11.5 Å². The van der Waals surface area contributed by atoms with E-state index in [1.165, 1.54) is 25.1 Å². The molecule has 0 spiro atoms. The molecule has 0 saturated heterocycles. The standard InChI is InChI=1S/C9H10O4/c1-5(9(12)13)6-3-2-4-7(10)8(6)11/h2-5,10-11H,1H3,(H,12,13). The lowest BCUT2D eigenvalue weighted by Gasteiger charge is -2.09. The Balaban J connectivity index is 3.15. The summed E-state index contributed by atoms with van der Waals surface area (Å²) in [6.45, 7) is 1.44. The van der Waals surface area contributed by atoms with Crippen molar-refractivity contribution in [2.45, 2.75) is 12.8 Å². The number of carboxylic acids is 1. The minimum absolute atomic E-state index is 0.215. The van der Waals surface area contributed by atoms with Crippen LogP contribution < -0.4 is 0 Å². The van der Waals surface area contributed by atoms with E-state index < -0.39 is 11.9 Å². The second kappa shape index (κ2) is 3.35. The van der Waals surface area contributed by atoms with Gasteiger partial charge in [0.25, 0.3) is 0 Å². The van der Waals surface area contributed by atoms with Gasteiger partial charge in [-0.15, -0.1) is 0 Å². The first-order valence-electron chi connectivity index (χ1n) is 3.77. The Morgan fingerprint density at radius 2 is 2.00 bits per heavy atom. The maximum atomic E-state index is 10.6. The van der Waals surface area contributed by atoms with Gasteiger partial charge in [0, 0.05) is 5.56 Å². The number of phenolic OH excluding ortho intramolecular Hbond substituents is 2. The average molecular weight is 182 g/mol. The van der Waals surface area contributed by atoms with Gasteiger partial charge < -0.3 is 15.3 Å². The summed E-state index contributed by atoms with van der Waals surface area (Å²) >= 11 is 0. The molecule has 4 heteroatoms. The number of carbonyl (C=O) groups is 1. The van der Waals surface area contributed by atoms with Gasteiger partial charge in [-0.3, -0.25) is 4.79 Å². The van der Waals surface area contributed by atoms with Gasteiger partial charge in [0.05, 0.1) is 5.92 Å². The fourth-order valence-corrected chi connectivity index (χ4v) is 1.03. The quantitative estimate of drug-likeness (QED) is 0.602. The summed E-state index contributed by atoms with van der Waals surface area (Å²) in [5.74, 6) is -2.53. The number of hydrogen-bond acceptors (Lipinski definition) is 3. The molecule has 70 valence electrons. The monoisotopic (exact) mass is 182 g/mol. The SMILES string of the molecule is CC(C(=O)O)c1cccc(O)c1O. The minimum atomic E-state index is -1.04. The molecule has 0 radical (unpaired) electrons. The zero-order valence-corrected chi connectivity index (χ0v) is 7.06. The second-order valence-corrected chi connectivity index (χ2v) is 2.77. The highest BCUT2D eigenvalue weighted by atomic mass is 16.4. The molecule has 13 heavy (non-hydrogen) atoms. The lowest BCUT2D eigenvalue weighted by Crippen LogP contribution is -2.07. The van der Waals surface area contributed by atoms with Gasteiger partial charge in [-0.2, -0.15) is 0 Å². The second-order valence-electron chi connectivity index (χ2n) is 2.77. The topological polar surface area (TPSA) is 77.8 Å². The predicted octanol–water partition coefficient (Wildman–Crippen LogP) is 1.29. The van der Waals surface area contributed by atoms with Crippen molar-refractivity contribution in [3.8, 4) is 11.5 Å². The Morgan fingerprint density at radius 1 is 1.38 bits per heavy atom. The summed E-state index contributed by atoms with van der Waals surface area (Å²) in [4.78, 5) is 10.6. The van der Waals surface area contributed by atoms with Crippen molar-refractivity contribution in [2.75, 3.05) is 0 Å². The number of phenols is 2. The van der Waals surface area contributed by atoms with Crippen molar-refractivity contribution in [3.05, 3.63) is 23.8 Å². The molecule has 0 aromatic heterocycles. The van der Waals surface area contributed by atoms with Crippen LogP contribution in [-0.2, 0) is 4.79 Å². The molecule has 0 heterocycles. The lowest BCUT2D eigenvalue weighted by atomic mass is 10.0. The molecule has 0 saturated carbocycles. The molecule has 0 amide bonds. The highest BCUT2D eigenvalue weighted by molar-refractivity contribution is 5.77. The molecule has 0 aliphatic heterocycles. The van der Waals surface area contributed by atoms with Crippen LogP contribution in [0.3, 0.4) is 0 Å². The van der Waals surface area contributed by atoms with Crippen LogP contribution in [-0.4, -0.2) is 21.3 Å². The Bertz CT molecular complexity index is 332. The van der Waals surface area contributed by atoms with Crippen LogP contribution >= 0.6 is 0 Å². The minimum Gasteiger partial charge on any atom is -0.504 e. The molecular formula is C9H10O4. The third kappa shape index (κ3) is 1.72. The van der Waals surface area contributed by atoms with E-state index in [9.17, 15) is 9.90 Å². The third-order valence-corrected chi connectivity index (χ3v) is 1.88. The third-order valence-electron chi connectivity index (χ3n) is 1.88. The highest BCUT2D eigenvalue weighted by Crippen LogP contribution is 2.33. The lowest BCUT2D eigenvalue weighted by molar-refractivity contribution is -0.138. The summed E-state index contributed by atoms with van der Waals surface area (Å²) < 4.78 is 0. The van der Waals surface area contributed by atoms with E-state index in [0.717, 1.165) is 0 Å². The molecule has 0 bridgehead atoms. The van der Waals surface area contributed by atoms with Crippen LogP contribution in [0.5, 0.6) is 11.5 Å². The number of benzene rings is 1. The van der Waals surface area contributed by atoms with Crippen LogP contribution in [0.1, 0.15) is 18.4 Å². The molecule has 0 aliphatic carbocycles. The van der Waals surface area contributed by atoms with E-state index in [1.807, 2.05) is 0 Å². The molecular weight excluding hydrogens is 172 g/mol. The van der Waals surface area contributed by atoms with Crippen molar-refractivity contribution in [1.82, 2.24) is 0 Å². The molecule has 0 fully saturated rings. The average Bonchev–Trinajstić information content (AvgIpc) is 2.08. The summed E-state index contributed by atoms with van der Waals surface area (Å²) in [5, 5.41) is 27.0. The van der Waals surface area contributed by atoms with Gasteiger partial charge >= 0.3 is 5.97 Å².